The molecule has 0 radical (unpaired) electrons. The van der Waals surface area contributed by atoms with E-state index in [-0.39, 0.29) is 42.1 Å². The fraction of sp³-hybridized carbons (Fsp3) is 0.250. The minimum absolute atomic E-state index is 0.0132. The van der Waals surface area contributed by atoms with E-state index in [1.165, 1.54) is 22.8 Å². The van der Waals surface area contributed by atoms with Gasteiger partial charge >= 0.3 is 0 Å². The summed E-state index contributed by atoms with van der Waals surface area (Å²) in [7, 11) is -3.93. The Hall–Kier alpha value is -3.24. The molecule has 2 aliphatic heterocycles. The van der Waals surface area contributed by atoms with Crippen LogP contribution in [0, 0.1) is 0 Å². The van der Waals surface area contributed by atoms with Crippen molar-refractivity contribution in [3.05, 3.63) is 72.6 Å². The number of nitrogens with zero attached hydrogens (tertiary/aromatic N) is 4. The Bertz CT molecular complexity index is 1170. The van der Waals surface area contributed by atoms with Gasteiger partial charge in [-0.15, -0.1) is 0 Å². The van der Waals surface area contributed by atoms with E-state index in [1.54, 1.807) is 47.5 Å². The summed E-state index contributed by atoms with van der Waals surface area (Å²) in [6, 6.07) is 11.0. The van der Waals surface area contributed by atoms with Gasteiger partial charge in [0.2, 0.25) is 15.9 Å². The Morgan fingerprint density at radius 2 is 1.93 bits per heavy atom. The molecule has 5 heterocycles. The summed E-state index contributed by atoms with van der Waals surface area (Å²) in [6.07, 6.45) is 3.96. The molecule has 30 heavy (non-hydrogen) atoms. The molecule has 9 nitrogen and oxygen atoms in total. The Balaban J connectivity index is 1.55. The van der Waals surface area contributed by atoms with Gasteiger partial charge in [0.15, 0.2) is 5.76 Å². The number of carbonyl (C=O) groups excluding carboxylic acids is 1. The van der Waals surface area contributed by atoms with Crippen molar-refractivity contribution in [1.82, 2.24) is 19.2 Å². The number of aromatic nitrogens is 2. The van der Waals surface area contributed by atoms with Gasteiger partial charge in [0.05, 0.1) is 31.1 Å². The molecule has 154 valence electrons. The van der Waals surface area contributed by atoms with Crippen molar-refractivity contribution >= 4 is 15.9 Å². The third-order valence-electron chi connectivity index (χ3n) is 5.26. The number of rotatable bonds is 3. The number of hydrogen-bond acceptors (Lipinski definition) is 7. The maximum atomic E-state index is 13.5. The van der Waals surface area contributed by atoms with E-state index in [4.69, 9.17) is 9.15 Å². The van der Waals surface area contributed by atoms with E-state index >= 15 is 0 Å². The van der Waals surface area contributed by atoms with E-state index in [1.807, 2.05) is 0 Å². The summed E-state index contributed by atoms with van der Waals surface area (Å²) in [6.45, 7) is 0.448. The van der Waals surface area contributed by atoms with Gasteiger partial charge in [-0.05, 0) is 36.4 Å². The summed E-state index contributed by atoms with van der Waals surface area (Å²) in [5, 5.41) is 0. The fourth-order valence-electron chi connectivity index (χ4n) is 3.83. The molecule has 3 aromatic heterocycles. The average Bonchev–Trinajstić information content (AvgIpc) is 3.41. The Kier molecular flexibility index (Phi) is 4.52. The van der Waals surface area contributed by atoms with Crippen LogP contribution in [0.2, 0.25) is 0 Å². The predicted octanol–water partition coefficient (Wildman–Crippen LogP) is 1.55. The summed E-state index contributed by atoms with van der Waals surface area (Å²) in [5.41, 5.74) is 0.600. The van der Waals surface area contributed by atoms with Crippen LogP contribution in [-0.2, 0) is 16.6 Å². The standard InChI is InChI=1S/C20H18N4O5S/c25-20(16-6-4-10-28-16)23-12-15-17(13-23)29-19-18(7-3-9-22-19)30(26,27)24(15)11-14-5-1-2-8-21-14/h1-10,15,17H,11-13H2/t15-,17-/m0/s1. The second-order valence-corrected chi connectivity index (χ2v) is 8.95. The number of fused-ring (bicyclic) bond motifs is 2. The van der Waals surface area contributed by atoms with Gasteiger partial charge in [-0.25, -0.2) is 13.4 Å². The first-order valence-corrected chi connectivity index (χ1v) is 10.8. The summed E-state index contributed by atoms with van der Waals surface area (Å²) in [5.74, 6) is -0.0689. The van der Waals surface area contributed by atoms with Crippen LogP contribution >= 0.6 is 0 Å². The van der Waals surface area contributed by atoms with E-state index in [0.717, 1.165) is 0 Å². The topological polar surface area (TPSA) is 106 Å². The molecule has 3 aromatic rings. The summed E-state index contributed by atoms with van der Waals surface area (Å²) >= 11 is 0. The lowest BCUT2D eigenvalue weighted by molar-refractivity contribution is 0.0738. The number of likely N-dealkylation sites (tertiary alicyclic amines) is 1. The monoisotopic (exact) mass is 426 g/mol. The van der Waals surface area contributed by atoms with Crippen LogP contribution in [0.5, 0.6) is 5.88 Å². The molecule has 0 N–H and O–H groups in total. The van der Waals surface area contributed by atoms with E-state index in [9.17, 15) is 13.2 Å². The summed E-state index contributed by atoms with van der Waals surface area (Å²) in [4.78, 5) is 22.8. The largest absolute Gasteiger partial charge is 0.470 e. The molecular formula is C20H18N4O5S. The highest BCUT2D eigenvalue weighted by Gasteiger charge is 2.49. The Labute approximate surface area is 173 Å². The smallest absolute Gasteiger partial charge is 0.289 e. The highest BCUT2D eigenvalue weighted by Crippen LogP contribution is 2.35. The second kappa shape index (κ2) is 7.22. The van der Waals surface area contributed by atoms with Gasteiger partial charge in [-0.3, -0.25) is 9.78 Å². The number of amides is 1. The van der Waals surface area contributed by atoms with Crippen molar-refractivity contribution in [3.63, 3.8) is 0 Å². The van der Waals surface area contributed by atoms with Gasteiger partial charge in [0, 0.05) is 18.9 Å². The number of hydrogen-bond donors (Lipinski definition) is 0. The van der Waals surface area contributed by atoms with Crippen molar-refractivity contribution in [2.45, 2.75) is 23.6 Å². The minimum atomic E-state index is -3.93. The van der Waals surface area contributed by atoms with Crippen LogP contribution in [0.4, 0.5) is 0 Å². The number of carbonyl (C=O) groups is 1. The SMILES string of the molecule is O=C(c1ccco1)N1C[C@@H]2Oc3ncccc3S(=O)(=O)N(Cc3ccccn3)[C@H]2C1. The molecular weight excluding hydrogens is 408 g/mol. The lowest BCUT2D eigenvalue weighted by Crippen LogP contribution is -2.46. The van der Waals surface area contributed by atoms with Crippen molar-refractivity contribution in [2.75, 3.05) is 13.1 Å². The van der Waals surface area contributed by atoms with Crippen molar-refractivity contribution in [3.8, 4) is 5.88 Å². The van der Waals surface area contributed by atoms with E-state index in [0.29, 0.717) is 5.69 Å². The van der Waals surface area contributed by atoms with Crippen LogP contribution in [-0.4, -0.2) is 58.7 Å². The van der Waals surface area contributed by atoms with Crippen LogP contribution in [0.3, 0.4) is 0 Å². The van der Waals surface area contributed by atoms with Gasteiger partial charge in [0.1, 0.15) is 11.0 Å². The van der Waals surface area contributed by atoms with Crippen LogP contribution in [0.15, 0.2) is 70.4 Å². The molecule has 0 spiro atoms. The quantitative estimate of drug-likeness (QED) is 0.625. The second-order valence-electron chi connectivity index (χ2n) is 7.09. The third-order valence-corrected chi connectivity index (χ3v) is 7.14. The van der Waals surface area contributed by atoms with E-state index in [2.05, 4.69) is 9.97 Å². The molecule has 5 rings (SSSR count). The minimum Gasteiger partial charge on any atom is -0.470 e. The van der Waals surface area contributed by atoms with Crippen LogP contribution in [0.1, 0.15) is 16.2 Å². The first-order valence-electron chi connectivity index (χ1n) is 9.40. The molecule has 2 atom stereocenters. The molecule has 0 aliphatic carbocycles. The summed E-state index contributed by atoms with van der Waals surface area (Å²) < 4.78 is 39.7. The highest BCUT2D eigenvalue weighted by molar-refractivity contribution is 7.89. The maximum Gasteiger partial charge on any atom is 0.289 e. The Morgan fingerprint density at radius 3 is 2.70 bits per heavy atom. The number of ether oxygens (including phenoxy) is 1. The Morgan fingerprint density at radius 1 is 1.07 bits per heavy atom. The molecule has 0 bridgehead atoms. The van der Waals surface area contributed by atoms with Gasteiger partial charge < -0.3 is 14.1 Å². The van der Waals surface area contributed by atoms with Crippen molar-refractivity contribution in [2.24, 2.45) is 0 Å². The molecule has 0 unspecified atom stereocenters. The van der Waals surface area contributed by atoms with Gasteiger partial charge in [-0.1, -0.05) is 6.07 Å². The average molecular weight is 426 g/mol. The molecule has 1 amide bonds. The van der Waals surface area contributed by atoms with E-state index < -0.39 is 22.2 Å². The van der Waals surface area contributed by atoms with Gasteiger partial charge in [-0.2, -0.15) is 4.31 Å². The number of pyridine rings is 2. The zero-order chi connectivity index (χ0) is 20.7. The first kappa shape index (κ1) is 18.8. The molecule has 0 saturated carbocycles. The van der Waals surface area contributed by atoms with Crippen LogP contribution in [0.25, 0.3) is 0 Å². The lowest BCUT2D eigenvalue weighted by atomic mass is 10.2. The third kappa shape index (κ3) is 3.14. The zero-order valence-electron chi connectivity index (χ0n) is 15.8. The molecule has 1 saturated heterocycles. The number of furan rings is 1. The van der Waals surface area contributed by atoms with Crippen molar-refractivity contribution in [1.29, 1.82) is 0 Å². The number of sulfonamides is 1. The highest BCUT2D eigenvalue weighted by atomic mass is 32.2. The zero-order valence-corrected chi connectivity index (χ0v) is 16.6. The normalized spacial score (nSPS) is 22.6. The molecule has 2 aliphatic rings. The molecule has 0 aromatic carbocycles. The molecule has 1 fully saturated rings. The van der Waals surface area contributed by atoms with Crippen LogP contribution < -0.4 is 4.74 Å². The predicted molar refractivity (Wildman–Crippen MR) is 104 cm³/mol. The maximum absolute atomic E-state index is 13.5. The lowest BCUT2D eigenvalue weighted by Gasteiger charge is -2.27. The molecule has 10 heteroatoms. The fourth-order valence-corrected chi connectivity index (χ4v) is 5.52. The first-order chi connectivity index (χ1) is 14.5. The van der Waals surface area contributed by atoms with Gasteiger partial charge in [0.25, 0.3) is 5.91 Å². The van der Waals surface area contributed by atoms with Crippen molar-refractivity contribution < 1.29 is 22.4 Å².